The predicted octanol–water partition coefficient (Wildman–Crippen LogP) is 16.2. The Morgan fingerprint density at radius 1 is 0.289 bits per heavy atom. The third-order valence-electron chi connectivity index (χ3n) is 4.57. The highest BCUT2D eigenvalue weighted by molar-refractivity contribution is 5.25. The van der Waals surface area contributed by atoms with Crippen molar-refractivity contribution < 1.29 is 0 Å². The average molecular weight is 623 g/mol. The summed E-state index contributed by atoms with van der Waals surface area (Å²) < 4.78 is 0. The Hall–Kier alpha value is -3.12. The van der Waals surface area contributed by atoms with Crippen LogP contribution < -0.4 is 0 Å². The Morgan fingerprint density at radius 3 is 0.711 bits per heavy atom. The van der Waals surface area contributed by atoms with Crippen molar-refractivity contribution in [2.75, 3.05) is 0 Å². The quantitative estimate of drug-likeness (QED) is 0.212. The fraction of sp³-hybridized carbons (Fsp3) is 0.467. The topological polar surface area (TPSA) is 0 Å². The van der Waals surface area contributed by atoms with Gasteiger partial charge < -0.3 is 0 Å². The van der Waals surface area contributed by atoms with Gasteiger partial charge in [0.25, 0.3) is 0 Å². The number of hydrogen-bond donors (Lipinski definition) is 0. The van der Waals surface area contributed by atoms with Crippen molar-refractivity contribution in [3.63, 3.8) is 0 Å². The van der Waals surface area contributed by atoms with Gasteiger partial charge in [-0.05, 0) is 41.5 Å². The summed E-state index contributed by atoms with van der Waals surface area (Å²) in [6.07, 6.45) is 3.32. The highest BCUT2D eigenvalue weighted by Gasteiger charge is 1.92. The van der Waals surface area contributed by atoms with E-state index in [0.717, 1.165) is 19.3 Å². The molecule has 4 rings (SSSR count). The third-order valence-corrected chi connectivity index (χ3v) is 4.57. The maximum Gasteiger partial charge on any atom is -0.00258 e. The van der Waals surface area contributed by atoms with Crippen LogP contribution in [0.3, 0.4) is 0 Å². The predicted molar refractivity (Wildman–Crippen MR) is 220 cm³/mol. The highest BCUT2D eigenvalue weighted by Crippen LogP contribution is 2.08. The molecule has 0 heteroatoms. The van der Waals surface area contributed by atoms with E-state index in [0.29, 0.717) is 0 Å². The lowest BCUT2D eigenvalue weighted by molar-refractivity contribution is 1.09. The molecule has 4 aromatic carbocycles. The summed E-state index contributed by atoms with van der Waals surface area (Å²) in [5.74, 6) is 0. The van der Waals surface area contributed by atoms with Crippen molar-refractivity contribution in [1.82, 2.24) is 0 Å². The summed E-state index contributed by atoms with van der Waals surface area (Å²) >= 11 is 0. The van der Waals surface area contributed by atoms with Crippen LogP contribution >= 0.6 is 0 Å². The van der Waals surface area contributed by atoms with E-state index in [9.17, 15) is 0 Å². The van der Waals surface area contributed by atoms with Gasteiger partial charge >= 0.3 is 0 Å². The molecule has 262 valence electrons. The molecule has 0 fully saturated rings. The van der Waals surface area contributed by atoms with Crippen molar-refractivity contribution in [2.24, 2.45) is 0 Å². The smallest absolute Gasteiger partial charge is 0.00258 e. The fourth-order valence-electron chi connectivity index (χ4n) is 2.88. The molecule has 0 aromatic heterocycles. The standard InChI is InChI=1S/C13H12.C10H14.C6H6.7C2H6.2CH4/c1-3-7-12(8-4-1)11-13-9-5-2-6-10-13;1-3-9-6-5-7-10(4-2)8-9;1-2-4-6-5-3-1;7*1-2;;/h1-10H,11H2;5-8H,3-4H2,1-2H3;1-6H;7*1-2H3;2*1H4. The molecule has 0 aliphatic rings. The van der Waals surface area contributed by atoms with Gasteiger partial charge in [-0.2, -0.15) is 0 Å². The molecule has 4 aromatic rings. The van der Waals surface area contributed by atoms with Gasteiger partial charge in [0.15, 0.2) is 0 Å². The highest BCUT2D eigenvalue weighted by atomic mass is 14.0. The van der Waals surface area contributed by atoms with Gasteiger partial charge in [-0.3, -0.25) is 0 Å². The lowest BCUT2D eigenvalue weighted by Crippen LogP contribution is -1.85. The molecule has 0 spiro atoms. The Morgan fingerprint density at radius 2 is 0.489 bits per heavy atom. The lowest BCUT2D eigenvalue weighted by atomic mass is 10.1. The number of rotatable bonds is 4. The molecule has 0 heterocycles. The molecule has 0 amide bonds. The largest absolute Gasteiger partial charge is 0.0776 e. The maximum atomic E-state index is 2.28. The van der Waals surface area contributed by atoms with E-state index in [-0.39, 0.29) is 14.9 Å². The van der Waals surface area contributed by atoms with Crippen molar-refractivity contribution in [1.29, 1.82) is 0 Å². The minimum atomic E-state index is 0. The first-order valence-electron chi connectivity index (χ1n) is 17.5. The molecule has 0 nitrogen and oxygen atoms in total. The molecular weight excluding hydrogens is 540 g/mol. The van der Waals surface area contributed by atoms with Gasteiger partial charge in [0.05, 0.1) is 0 Å². The van der Waals surface area contributed by atoms with Crippen LogP contribution in [0.25, 0.3) is 0 Å². The molecule has 45 heavy (non-hydrogen) atoms. The Labute approximate surface area is 287 Å². The van der Waals surface area contributed by atoms with Gasteiger partial charge in [-0.15, -0.1) is 0 Å². The lowest BCUT2D eigenvalue weighted by Gasteiger charge is -2.00. The molecule has 0 bridgehead atoms. The minimum Gasteiger partial charge on any atom is -0.0776 e. The molecule has 0 N–H and O–H groups in total. The average Bonchev–Trinajstić information content (AvgIpc) is 3.16. The third kappa shape index (κ3) is 45.4. The van der Waals surface area contributed by atoms with Gasteiger partial charge in [0.2, 0.25) is 0 Å². The molecule has 0 unspecified atom stereocenters. The summed E-state index contributed by atoms with van der Waals surface area (Å²) in [6.45, 7) is 32.4. The van der Waals surface area contributed by atoms with Crippen molar-refractivity contribution in [3.8, 4) is 0 Å². The molecular formula is C45H82. The molecule has 0 radical (unpaired) electrons. The summed E-state index contributed by atoms with van der Waals surface area (Å²) in [6, 6.07) is 41.8. The first kappa shape index (κ1) is 61.0. The SMILES string of the molecule is C.C.CC.CC.CC.CC.CC.CC.CC.CCc1cccc(CC)c1.c1ccc(Cc2ccccc2)cc1.c1ccccc1. The van der Waals surface area contributed by atoms with Gasteiger partial charge in [-0.1, -0.05) is 247 Å². The van der Waals surface area contributed by atoms with Crippen LogP contribution in [-0.4, -0.2) is 0 Å². The zero-order valence-electron chi connectivity index (χ0n) is 31.7. The van der Waals surface area contributed by atoms with Gasteiger partial charge in [0, 0.05) is 0 Å². The zero-order chi connectivity index (χ0) is 34.6. The van der Waals surface area contributed by atoms with E-state index >= 15 is 0 Å². The van der Waals surface area contributed by atoms with E-state index in [1.807, 2.05) is 133 Å². The van der Waals surface area contributed by atoms with E-state index in [2.05, 4.69) is 98.8 Å². The minimum absolute atomic E-state index is 0. The number of hydrogen-bond acceptors (Lipinski definition) is 0. The first-order chi connectivity index (χ1) is 21.3. The number of aryl methyl sites for hydroxylation is 2. The van der Waals surface area contributed by atoms with Crippen LogP contribution in [0.2, 0.25) is 0 Å². The van der Waals surface area contributed by atoms with E-state index in [1.54, 1.807) is 0 Å². The van der Waals surface area contributed by atoms with Crippen molar-refractivity contribution >= 4 is 0 Å². The van der Waals surface area contributed by atoms with Crippen LogP contribution in [0, 0.1) is 0 Å². The van der Waals surface area contributed by atoms with Crippen LogP contribution in [-0.2, 0) is 19.3 Å². The van der Waals surface area contributed by atoms with Crippen LogP contribution in [0.5, 0.6) is 0 Å². The van der Waals surface area contributed by atoms with Crippen LogP contribution in [0.1, 0.15) is 148 Å². The van der Waals surface area contributed by atoms with E-state index in [4.69, 9.17) is 0 Å². The molecule has 0 saturated heterocycles. The normalized spacial score (nSPS) is 7.02. The molecule has 0 saturated carbocycles. The second kappa shape index (κ2) is 64.0. The molecule has 0 atom stereocenters. The van der Waals surface area contributed by atoms with Gasteiger partial charge in [0.1, 0.15) is 0 Å². The molecule has 0 aliphatic carbocycles. The van der Waals surface area contributed by atoms with E-state index in [1.165, 1.54) is 22.3 Å². The van der Waals surface area contributed by atoms with Crippen LogP contribution in [0.15, 0.2) is 121 Å². The second-order valence-electron chi connectivity index (χ2n) is 6.83. The Balaban J connectivity index is -0.0000000641. The Kier molecular flexibility index (Phi) is 86.7. The monoisotopic (exact) mass is 623 g/mol. The molecule has 0 aliphatic heterocycles. The summed E-state index contributed by atoms with van der Waals surface area (Å²) in [5.41, 5.74) is 5.63. The summed E-state index contributed by atoms with van der Waals surface area (Å²) in [4.78, 5) is 0. The summed E-state index contributed by atoms with van der Waals surface area (Å²) in [7, 11) is 0. The second-order valence-corrected chi connectivity index (χ2v) is 6.83. The van der Waals surface area contributed by atoms with Crippen LogP contribution in [0.4, 0.5) is 0 Å². The van der Waals surface area contributed by atoms with Crippen molar-refractivity contribution in [3.05, 3.63) is 144 Å². The van der Waals surface area contributed by atoms with Gasteiger partial charge in [-0.25, -0.2) is 0 Å². The maximum absolute atomic E-state index is 2.28. The van der Waals surface area contributed by atoms with E-state index < -0.39 is 0 Å². The number of benzene rings is 4. The fourth-order valence-corrected chi connectivity index (χ4v) is 2.88. The summed E-state index contributed by atoms with van der Waals surface area (Å²) in [5, 5.41) is 0. The Bertz CT molecular complexity index is 797. The zero-order valence-corrected chi connectivity index (χ0v) is 31.7. The first-order valence-corrected chi connectivity index (χ1v) is 17.5. The van der Waals surface area contributed by atoms with Crippen molar-refractivity contribution in [2.45, 2.75) is 145 Å².